The third kappa shape index (κ3) is 3.59. The Bertz CT molecular complexity index is 708. The van der Waals surface area contributed by atoms with Crippen LogP contribution in [0.15, 0.2) is 29.2 Å². The molecule has 1 aromatic heterocycles. The number of nitrogens with zero attached hydrogens (tertiary/aromatic N) is 3. The van der Waals surface area contributed by atoms with E-state index in [0.717, 1.165) is 22.9 Å². The molecule has 1 heterocycles. The number of benzene rings is 1. The molecule has 5 nitrogen and oxygen atoms in total. The number of hydrogen-bond donors (Lipinski definition) is 0. The van der Waals surface area contributed by atoms with Crippen LogP contribution in [0.4, 0.5) is 5.13 Å². The van der Waals surface area contributed by atoms with Crippen LogP contribution in [0.5, 0.6) is 0 Å². The van der Waals surface area contributed by atoms with Crippen LogP contribution >= 0.6 is 11.5 Å². The van der Waals surface area contributed by atoms with Crippen molar-refractivity contribution in [3.63, 3.8) is 0 Å². The fourth-order valence-corrected chi connectivity index (χ4v) is 3.33. The molecule has 0 saturated heterocycles. The SMILES string of the molecule is CCc1nsc(N(C)[C@@H](C)c2ccc(S(C)(=O)=O)cc2)n1. The van der Waals surface area contributed by atoms with E-state index in [2.05, 4.69) is 16.3 Å². The van der Waals surface area contributed by atoms with Gasteiger partial charge in [0, 0.05) is 31.3 Å². The molecule has 1 atom stereocenters. The van der Waals surface area contributed by atoms with Crippen LogP contribution in [0.2, 0.25) is 0 Å². The Hall–Kier alpha value is -1.47. The minimum absolute atomic E-state index is 0.0938. The zero-order valence-corrected chi connectivity index (χ0v) is 14.2. The number of hydrogen-bond acceptors (Lipinski definition) is 6. The summed E-state index contributed by atoms with van der Waals surface area (Å²) < 4.78 is 27.2. The van der Waals surface area contributed by atoms with E-state index in [9.17, 15) is 8.42 Å². The minimum atomic E-state index is -3.15. The molecule has 0 bridgehead atoms. The minimum Gasteiger partial charge on any atom is -0.343 e. The van der Waals surface area contributed by atoms with Gasteiger partial charge in [-0.3, -0.25) is 0 Å². The second kappa shape index (κ2) is 6.11. The van der Waals surface area contributed by atoms with Gasteiger partial charge in [-0.25, -0.2) is 13.4 Å². The largest absolute Gasteiger partial charge is 0.343 e. The maximum absolute atomic E-state index is 11.5. The highest BCUT2D eigenvalue weighted by Crippen LogP contribution is 2.27. The van der Waals surface area contributed by atoms with Crippen molar-refractivity contribution in [2.24, 2.45) is 0 Å². The first-order valence-corrected chi connectivity index (χ1v) is 9.35. The summed E-state index contributed by atoms with van der Waals surface area (Å²) >= 11 is 1.38. The molecule has 0 aliphatic heterocycles. The zero-order chi connectivity index (χ0) is 15.6. The number of sulfone groups is 1. The van der Waals surface area contributed by atoms with E-state index in [4.69, 9.17) is 0 Å². The standard InChI is InChI=1S/C14H19N3O2S2/c1-5-13-15-14(20-16-13)17(3)10(2)11-6-8-12(9-7-11)21(4,18)19/h6-10H,5H2,1-4H3/t10-/m0/s1. The highest BCUT2D eigenvalue weighted by Gasteiger charge is 2.17. The van der Waals surface area contributed by atoms with Gasteiger partial charge in [0.25, 0.3) is 0 Å². The normalized spacial score (nSPS) is 13.1. The maximum atomic E-state index is 11.5. The molecule has 7 heteroatoms. The molecule has 21 heavy (non-hydrogen) atoms. The lowest BCUT2D eigenvalue weighted by Gasteiger charge is -2.24. The predicted octanol–water partition coefficient (Wildman–Crippen LogP) is 2.70. The van der Waals surface area contributed by atoms with Gasteiger partial charge in [-0.1, -0.05) is 19.1 Å². The van der Waals surface area contributed by atoms with Crippen LogP contribution in [-0.4, -0.2) is 31.1 Å². The summed E-state index contributed by atoms with van der Waals surface area (Å²) in [6, 6.07) is 7.08. The van der Waals surface area contributed by atoms with Crippen molar-refractivity contribution in [2.75, 3.05) is 18.2 Å². The van der Waals surface area contributed by atoms with E-state index in [-0.39, 0.29) is 6.04 Å². The van der Waals surface area contributed by atoms with Crippen LogP contribution in [0.3, 0.4) is 0 Å². The van der Waals surface area contributed by atoms with Crippen molar-refractivity contribution < 1.29 is 8.42 Å². The van der Waals surface area contributed by atoms with Crippen LogP contribution < -0.4 is 4.90 Å². The van der Waals surface area contributed by atoms with Gasteiger partial charge < -0.3 is 4.90 Å². The molecule has 0 amide bonds. The van der Waals surface area contributed by atoms with Crippen molar-refractivity contribution in [1.29, 1.82) is 0 Å². The molecular weight excluding hydrogens is 306 g/mol. The smallest absolute Gasteiger partial charge is 0.205 e. The zero-order valence-electron chi connectivity index (χ0n) is 12.6. The van der Waals surface area contributed by atoms with E-state index in [1.165, 1.54) is 17.8 Å². The lowest BCUT2D eigenvalue weighted by Crippen LogP contribution is -2.21. The molecule has 0 unspecified atom stereocenters. The number of rotatable bonds is 5. The van der Waals surface area contributed by atoms with Crippen molar-refractivity contribution in [3.05, 3.63) is 35.7 Å². The molecular formula is C14H19N3O2S2. The van der Waals surface area contributed by atoms with E-state index in [1.807, 2.05) is 31.0 Å². The third-order valence-electron chi connectivity index (χ3n) is 3.45. The summed E-state index contributed by atoms with van der Waals surface area (Å²) in [6.07, 6.45) is 2.03. The topological polar surface area (TPSA) is 63.2 Å². The van der Waals surface area contributed by atoms with E-state index in [1.54, 1.807) is 12.1 Å². The summed E-state index contributed by atoms with van der Waals surface area (Å²) in [5.41, 5.74) is 1.04. The summed E-state index contributed by atoms with van der Waals surface area (Å²) in [4.78, 5) is 6.86. The van der Waals surface area contributed by atoms with Gasteiger partial charge in [-0.2, -0.15) is 4.37 Å². The molecule has 0 saturated carbocycles. The Balaban J connectivity index is 2.21. The summed E-state index contributed by atoms with van der Waals surface area (Å²) in [7, 11) is -1.18. The molecule has 114 valence electrons. The van der Waals surface area contributed by atoms with Gasteiger partial charge >= 0.3 is 0 Å². The van der Waals surface area contributed by atoms with E-state index in [0.29, 0.717) is 4.90 Å². The Morgan fingerprint density at radius 3 is 2.38 bits per heavy atom. The molecule has 0 spiro atoms. The Kier molecular flexibility index (Phi) is 4.63. The summed E-state index contributed by atoms with van der Waals surface area (Å²) in [5.74, 6) is 0.849. The van der Waals surface area contributed by atoms with E-state index < -0.39 is 9.84 Å². The van der Waals surface area contributed by atoms with Gasteiger partial charge in [-0.15, -0.1) is 0 Å². The van der Waals surface area contributed by atoms with Crippen molar-refractivity contribution in [3.8, 4) is 0 Å². The van der Waals surface area contributed by atoms with Crippen molar-refractivity contribution in [2.45, 2.75) is 31.2 Å². The third-order valence-corrected chi connectivity index (χ3v) is 5.42. The molecule has 0 radical (unpaired) electrons. The number of aromatic nitrogens is 2. The lowest BCUT2D eigenvalue weighted by atomic mass is 10.1. The molecule has 0 N–H and O–H groups in total. The van der Waals surface area contributed by atoms with Gasteiger partial charge in [-0.05, 0) is 24.6 Å². The fraction of sp³-hybridized carbons (Fsp3) is 0.429. The first-order chi connectivity index (χ1) is 9.82. The average Bonchev–Trinajstić information content (AvgIpc) is 2.94. The molecule has 0 aliphatic rings. The lowest BCUT2D eigenvalue weighted by molar-refractivity contribution is 0.601. The molecule has 2 rings (SSSR count). The maximum Gasteiger partial charge on any atom is 0.205 e. The highest BCUT2D eigenvalue weighted by molar-refractivity contribution is 7.90. The molecule has 2 aromatic rings. The molecule has 0 fully saturated rings. The quantitative estimate of drug-likeness (QED) is 0.846. The first-order valence-electron chi connectivity index (χ1n) is 6.68. The average molecular weight is 325 g/mol. The predicted molar refractivity (Wildman–Crippen MR) is 85.7 cm³/mol. The molecule has 0 aliphatic carbocycles. The monoisotopic (exact) mass is 325 g/mol. The van der Waals surface area contributed by atoms with E-state index >= 15 is 0 Å². The number of anilines is 1. The molecule has 1 aromatic carbocycles. The Morgan fingerprint density at radius 1 is 1.29 bits per heavy atom. The highest BCUT2D eigenvalue weighted by atomic mass is 32.2. The second-order valence-corrected chi connectivity index (χ2v) is 7.72. The first kappa shape index (κ1) is 15.9. The van der Waals surface area contributed by atoms with Crippen LogP contribution in [0.25, 0.3) is 0 Å². The van der Waals surface area contributed by atoms with Gasteiger partial charge in [0.1, 0.15) is 5.82 Å². The summed E-state index contributed by atoms with van der Waals surface area (Å²) in [5, 5.41) is 0.867. The van der Waals surface area contributed by atoms with Crippen LogP contribution in [0, 0.1) is 0 Å². The van der Waals surface area contributed by atoms with Gasteiger partial charge in [0.2, 0.25) is 5.13 Å². The van der Waals surface area contributed by atoms with Crippen molar-refractivity contribution in [1.82, 2.24) is 9.36 Å². The van der Waals surface area contributed by atoms with Gasteiger partial charge in [0.15, 0.2) is 9.84 Å². The number of aryl methyl sites for hydroxylation is 1. The van der Waals surface area contributed by atoms with Gasteiger partial charge in [0.05, 0.1) is 10.9 Å². The Morgan fingerprint density at radius 2 is 1.90 bits per heavy atom. The summed E-state index contributed by atoms with van der Waals surface area (Å²) in [6.45, 7) is 4.08. The van der Waals surface area contributed by atoms with Crippen LogP contribution in [-0.2, 0) is 16.3 Å². The Labute approximate surface area is 129 Å². The van der Waals surface area contributed by atoms with Crippen molar-refractivity contribution >= 4 is 26.5 Å². The van der Waals surface area contributed by atoms with Crippen LogP contribution in [0.1, 0.15) is 31.3 Å². The second-order valence-electron chi connectivity index (χ2n) is 4.97. The fourth-order valence-electron chi connectivity index (χ4n) is 1.91.